The summed E-state index contributed by atoms with van der Waals surface area (Å²) >= 11 is 0. The third-order valence-corrected chi connectivity index (χ3v) is 2.52. The van der Waals surface area contributed by atoms with Crippen molar-refractivity contribution in [2.75, 3.05) is 0 Å². The molecule has 1 aromatic rings. The molecule has 0 saturated heterocycles. The van der Waals surface area contributed by atoms with Crippen molar-refractivity contribution in [3.8, 4) is 0 Å². The van der Waals surface area contributed by atoms with Gasteiger partial charge in [0.15, 0.2) is 0 Å². The van der Waals surface area contributed by atoms with E-state index in [9.17, 15) is 31.9 Å². The Bertz CT molecular complexity index is 457. The van der Waals surface area contributed by atoms with Crippen LogP contribution in [-0.2, 0) is 16.8 Å². The molecule has 1 atom stereocenters. The summed E-state index contributed by atoms with van der Waals surface area (Å²) < 4.78 is 62.7. The zero-order chi connectivity index (χ0) is 14.8. The molecule has 19 heavy (non-hydrogen) atoms. The molecule has 0 heterocycles. The summed E-state index contributed by atoms with van der Waals surface area (Å²) in [6, 6.07) is 3.44. The number of amides is 1. The summed E-state index contributed by atoms with van der Waals surface area (Å²) in [5.74, 6) is -0.715. The van der Waals surface area contributed by atoms with Gasteiger partial charge in [-0.3, -0.25) is 4.79 Å². The fraction of sp³-hybridized carbons (Fsp3) is 0.364. The van der Waals surface area contributed by atoms with Crippen LogP contribution in [0.5, 0.6) is 0 Å². The zero-order valence-electron chi connectivity index (χ0n) is 9.42. The van der Waals surface area contributed by atoms with E-state index < -0.39 is 29.7 Å². The lowest BCUT2D eigenvalue weighted by molar-refractivity contribution is -0.305. The minimum absolute atomic E-state index is 0.237. The number of carbonyl (C=O) groups is 1. The fourth-order valence-electron chi connectivity index (χ4n) is 1.49. The average Bonchev–Trinajstić information content (AvgIpc) is 2.26. The number of alkyl halides is 5. The second-order valence-corrected chi connectivity index (χ2v) is 3.90. The Kier molecular flexibility index (Phi) is 4.14. The van der Waals surface area contributed by atoms with Crippen LogP contribution >= 0.6 is 0 Å². The molecule has 0 aromatic heterocycles. The molecule has 0 aliphatic rings. The Morgan fingerprint density at radius 1 is 1.21 bits per heavy atom. The molecule has 0 aliphatic heterocycles. The van der Waals surface area contributed by atoms with Crippen molar-refractivity contribution in [3.63, 3.8) is 0 Å². The number of hydrogen-bond acceptors (Lipinski definition) is 2. The minimum atomic E-state index is -5.52. The van der Waals surface area contributed by atoms with Crippen LogP contribution in [-0.4, -0.2) is 23.6 Å². The Morgan fingerprint density at radius 3 is 2.00 bits per heavy atom. The summed E-state index contributed by atoms with van der Waals surface area (Å²) in [4.78, 5) is 10.6. The lowest BCUT2D eigenvalue weighted by Crippen LogP contribution is -2.48. The largest absolute Gasteiger partial charge is 0.427 e. The van der Waals surface area contributed by atoms with Crippen molar-refractivity contribution in [3.05, 3.63) is 35.4 Å². The monoisotopic (exact) mass is 283 g/mol. The van der Waals surface area contributed by atoms with Gasteiger partial charge in [0.05, 0.1) is 6.42 Å². The highest BCUT2D eigenvalue weighted by Crippen LogP contribution is 2.43. The number of primary amides is 1. The van der Waals surface area contributed by atoms with Gasteiger partial charge in [0.25, 0.3) is 6.43 Å². The first kappa shape index (κ1) is 15.4. The molecular formula is C11H10F5NO2. The van der Waals surface area contributed by atoms with E-state index in [2.05, 4.69) is 0 Å². The smallest absolute Gasteiger partial charge is 0.372 e. The van der Waals surface area contributed by atoms with Crippen LogP contribution in [0.1, 0.15) is 11.1 Å². The van der Waals surface area contributed by atoms with Gasteiger partial charge in [0.2, 0.25) is 11.5 Å². The number of carbonyl (C=O) groups excluding carboxylic acids is 1. The van der Waals surface area contributed by atoms with Gasteiger partial charge in [0, 0.05) is 0 Å². The maximum absolute atomic E-state index is 12.5. The molecule has 0 aliphatic carbocycles. The number of nitrogens with two attached hydrogens (primary N) is 1. The van der Waals surface area contributed by atoms with Gasteiger partial charge in [0.1, 0.15) is 0 Å². The van der Waals surface area contributed by atoms with Crippen LogP contribution in [0.15, 0.2) is 24.3 Å². The normalized spacial score (nSPS) is 15.3. The molecule has 0 fully saturated rings. The quantitative estimate of drug-likeness (QED) is 0.827. The fourth-order valence-corrected chi connectivity index (χ4v) is 1.49. The van der Waals surface area contributed by atoms with Crippen LogP contribution in [0.25, 0.3) is 0 Å². The van der Waals surface area contributed by atoms with Crippen LogP contribution in [0.2, 0.25) is 0 Å². The van der Waals surface area contributed by atoms with Crippen molar-refractivity contribution in [2.45, 2.75) is 24.6 Å². The number of rotatable bonds is 4. The highest BCUT2D eigenvalue weighted by atomic mass is 19.4. The maximum atomic E-state index is 12.5. The van der Waals surface area contributed by atoms with Crippen molar-refractivity contribution in [2.24, 2.45) is 5.73 Å². The number of aliphatic hydroxyl groups is 1. The highest BCUT2D eigenvalue weighted by Gasteiger charge is 2.61. The molecule has 0 spiro atoms. The van der Waals surface area contributed by atoms with E-state index in [-0.39, 0.29) is 12.0 Å². The van der Waals surface area contributed by atoms with E-state index in [0.717, 1.165) is 12.1 Å². The first-order valence-corrected chi connectivity index (χ1v) is 5.04. The number of halogens is 5. The standard InChI is InChI=1S/C11H10F5NO2/c12-9(13)10(19,11(14,15)16)7-3-1-6(2-4-7)5-8(17)18/h1-4,9,19H,5H2,(H2,17,18). The van der Waals surface area contributed by atoms with Crippen LogP contribution < -0.4 is 5.73 Å². The predicted octanol–water partition coefficient (Wildman–Crippen LogP) is 1.73. The lowest BCUT2D eigenvalue weighted by Gasteiger charge is -2.30. The Balaban J connectivity index is 3.16. The molecule has 1 rings (SSSR count). The molecule has 3 nitrogen and oxygen atoms in total. The summed E-state index contributed by atoms with van der Waals surface area (Å²) in [5.41, 5.74) is -0.0981. The molecular weight excluding hydrogens is 273 g/mol. The van der Waals surface area contributed by atoms with E-state index in [1.54, 1.807) is 0 Å². The van der Waals surface area contributed by atoms with E-state index >= 15 is 0 Å². The van der Waals surface area contributed by atoms with Crippen LogP contribution in [0, 0.1) is 0 Å². The first-order valence-electron chi connectivity index (χ1n) is 5.04. The third-order valence-electron chi connectivity index (χ3n) is 2.52. The predicted molar refractivity (Wildman–Crippen MR) is 55.3 cm³/mol. The molecule has 0 saturated carbocycles. The van der Waals surface area contributed by atoms with Gasteiger partial charge in [-0.05, 0) is 11.1 Å². The average molecular weight is 283 g/mol. The summed E-state index contributed by atoms with van der Waals surface area (Å²) in [6.45, 7) is 0. The van der Waals surface area contributed by atoms with Gasteiger partial charge >= 0.3 is 6.18 Å². The molecule has 8 heteroatoms. The molecule has 3 N–H and O–H groups in total. The van der Waals surface area contributed by atoms with E-state index in [0.29, 0.717) is 12.1 Å². The molecule has 106 valence electrons. The molecule has 0 radical (unpaired) electrons. The van der Waals surface area contributed by atoms with Crippen molar-refractivity contribution >= 4 is 5.91 Å². The van der Waals surface area contributed by atoms with Gasteiger partial charge < -0.3 is 10.8 Å². The first-order chi connectivity index (χ1) is 8.59. The lowest BCUT2D eigenvalue weighted by atomic mass is 9.92. The van der Waals surface area contributed by atoms with E-state index in [1.165, 1.54) is 0 Å². The second kappa shape index (κ2) is 5.12. The Labute approximate surface area is 104 Å². The SMILES string of the molecule is NC(=O)Cc1ccc(C(O)(C(F)F)C(F)(F)F)cc1. The zero-order valence-corrected chi connectivity index (χ0v) is 9.42. The highest BCUT2D eigenvalue weighted by molar-refractivity contribution is 5.76. The van der Waals surface area contributed by atoms with Gasteiger partial charge in [-0.1, -0.05) is 24.3 Å². The van der Waals surface area contributed by atoms with Crippen LogP contribution in [0.4, 0.5) is 22.0 Å². The van der Waals surface area contributed by atoms with Gasteiger partial charge in [-0.25, -0.2) is 8.78 Å². The maximum Gasteiger partial charge on any atom is 0.427 e. The molecule has 1 unspecified atom stereocenters. The van der Waals surface area contributed by atoms with E-state index in [4.69, 9.17) is 5.73 Å². The van der Waals surface area contributed by atoms with Gasteiger partial charge in [-0.2, -0.15) is 13.2 Å². The Hall–Kier alpha value is -1.70. The van der Waals surface area contributed by atoms with Crippen LogP contribution in [0.3, 0.4) is 0 Å². The van der Waals surface area contributed by atoms with Gasteiger partial charge in [-0.15, -0.1) is 0 Å². The molecule has 1 aromatic carbocycles. The van der Waals surface area contributed by atoms with Crippen molar-refractivity contribution < 1.29 is 31.9 Å². The van der Waals surface area contributed by atoms with Crippen molar-refractivity contribution in [1.82, 2.24) is 0 Å². The topological polar surface area (TPSA) is 63.3 Å². The summed E-state index contributed by atoms with van der Waals surface area (Å²) in [7, 11) is 0. The second-order valence-electron chi connectivity index (χ2n) is 3.90. The third kappa shape index (κ3) is 3.01. The molecule has 0 bridgehead atoms. The summed E-state index contributed by atoms with van der Waals surface area (Å²) in [5, 5.41) is 9.20. The number of benzene rings is 1. The molecule has 1 amide bonds. The van der Waals surface area contributed by atoms with E-state index in [1.807, 2.05) is 0 Å². The van der Waals surface area contributed by atoms with Crippen molar-refractivity contribution in [1.29, 1.82) is 0 Å². The minimum Gasteiger partial charge on any atom is -0.372 e. The summed E-state index contributed by atoms with van der Waals surface area (Å²) in [6.07, 6.45) is -9.79. The number of hydrogen-bond donors (Lipinski definition) is 2. The Morgan fingerprint density at radius 2 is 1.68 bits per heavy atom.